The van der Waals surface area contributed by atoms with Crippen LogP contribution in [-0.4, -0.2) is 54.3 Å². The molecule has 2 aromatic carbocycles. The molecule has 0 spiro atoms. The maximum absolute atomic E-state index is 13.1. The number of amides is 5. The summed E-state index contributed by atoms with van der Waals surface area (Å²) in [5.41, 5.74) is -0.119. The van der Waals surface area contributed by atoms with Gasteiger partial charge in [0.25, 0.3) is 17.7 Å². The van der Waals surface area contributed by atoms with E-state index in [9.17, 15) is 24.0 Å². The normalized spacial score (nSPS) is 17.1. The first-order valence-corrected chi connectivity index (χ1v) is 11.7. The lowest BCUT2D eigenvalue weighted by Gasteiger charge is -2.25. The van der Waals surface area contributed by atoms with Crippen LogP contribution in [0, 0.1) is 5.92 Å². The molecular formula is C26H30N4O6. The van der Waals surface area contributed by atoms with Crippen molar-refractivity contribution in [3.63, 3.8) is 0 Å². The van der Waals surface area contributed by atoms with Gasteiger partial charge in [0.05, 0.1) is 11.3 Å². The second kappa shape index (κ2) is 11.5. The zero-order valence-electron chi connectivity index (χ0n) is 20.5. The third kappa shape index (κ3) is 5.88. The molecule has 0 aliphatic carbocycles. The van der Waals surface area contributed by atoms with E-state index in [0.29, 0.717) is 18.5 Å². The highest BCUT2D eigenvalue weighted by Crippen LogP contribution is 2.32. The Morgan fingerprint density at radius 1 is 1.03 bits per heavy atom. The lowest BCUT2D eigenvalue weighted by Crippen LogP contribution is -2.44. The van der Waals surface area contributed by atoms with Gasteiger partial charge in [0.15, 0.2) is 6.61 Å². The van der Waals surface area contributed by atoms with Crippen LogP contribution < -0.4 is 16.0 Å². The van der Waals surface area contributed by atoms with E-state index >= 15 is 0 Å². The van der Waals surface area contributed by atoms with Gasteiger partial charge in [-0.25, -0.2) is 4.79 Å². The van der Waals surface area contributed by atoms with E-state index in [1.165, 1.54) is 0 Å². The summed E-state index contributed by atoms with van der Waals surface area (Å²) in [6, 6.07) is 14.5. The molecule has 3 N–H and O–H groups in total. The van der Waals surface area contributed by atoms with Gasteiger partial charge >= 0.3 is 12.0 Å². The summed E-state index contributed by atoms with van der Waals surface area (Å²) in [6.07, 6.45) is 0.291. The number of ether oxygens (including phenoxy) is 1. The topological polar surface area (TPSA) is 134 Å². The van der Waals surface area contributed by atoms with Gasteiger partial charge in [-0.3, -0.25) is 24.1 Å². The SMILES string of the molecule is CCC1(c2ccccc2)NC(=O)N(CC(=O)OCC(=O)Nc2ccccc2C(=O)NCC(C)C)C1=O. The molecule has 1 aliphatic heterocycles. The molecule has 0 aromatic heterocycles. The second-order valence-corrected chi connectivity index (χ2v) is 8.80. The number of hydrogen-bond acceptors (Lipinski definition) is 6. The van der Waals surface area contributed by atoms with Crippen LogP contribution >= 0.6 is 0 Å². The number of hydrogen-bond donors (Lipinski definition) is 3. The molecule has 1 heterocycles. The van der Waals surface area contributed by atoms with Crippen LogP contribution in [-0.2, 0) is 24.7 Å². The van der Waals surface area contributed by atoms with Crippen LogP contribution in [0.25, 0.3) is 0 Å². The second-order valence-electron chi connectivity index (χ2n) is 8.80. The molecule has 0 bridgehead atoms. The first kappa shape index (κ1) is 26.4. The molecule has 1 atom stereocenters. The van der Waals surface area contributed by atoms with E-state index < -0.39 is 42.5 Å². The Bertz CT molecular complexity index is 1150. The molecule has 1 fully saturated rings. The third-order valence-corrected chi connectivity index (χ3v) is 5.74. The molecule has 10 heteroatoms. The monoisotopic (exact) mass is 494 g/mol. The Balaban J connectivity index is 1.58. The third-order valence-electron chi connectivity index (χ3n) is 5.74. The zero-order valence-corrected chi connectivity index (χ0v) is 20.5. The van der Waals surface area contributed by atoms with E-state index in [4.69, 9.17) is 4.74 Å². The number of urea groups is 1. The number of para-hydroxylation sites is 1. The number of carbonyl (C=O) groups excluding carboxylic acids is 5. The predicted octanol–water partition coefficient (Wildman–Crippen LogP) is 2.41. The average Bonchev–Trinajstić information content (AvgIpc) is 3.12. The summed E-state index contributed by atoms with van der Waals surface area (Å²) in [5, 5.41) is 8.02. The number of esters is 1. The zero-order chi connectivity index (χ0) is 26.3. The van der Waals surface area contributed by atoms with Crippen LogP contribution in [0.15, 0.2) is 54.6 Å². The maximum atomic E-state index is 13.1. The molecule has 5 amide bonds. The highest BCUT2D eigenvalue weighted by atomic mass is 16.5. The van der Waals surface area contributed by atoms with Gasteiger partial charge in [-0.2, -0.15) is 0 Å². The number of imide groups is 1. The molecule has 190 valence electrons. The van der Waals surface area contributed by atoms with Crippen molar-refractivity contribution in [1.29, 1.82) is 0 Å². The van der Waals surface area contributed by atoms with Gasteiger partial charge in [-0.05, 0) is 30.0 Å². The minimum atomic E-state index is -1.27. The van der Waals surface area contributed by atoms with Gasteiger partial charge in [0, 0.05) is 6.54 Å². The number of rotatable bonds is 10. The Morgan fingerprint density at radius 2 is 1.69 bits per heavy atom. The van der Waals surface area contributed by atoms with Crippen LogP contribution in [0.1, 0.15) is 43.1 Å². The van der Waals surface area contributed by atoms with Gasteiger partial charge in [-0.15, -0.1) is 0 Å². The van der Waals surface area contributed by atoms with Crippen molar-refractivity contribution in [2.75, 3.05) is 25.0 Å². The largest absolute Gasteiger partial charge is 0.454 e. The Kier molecular flexibility index (Phi) is 8.42. The fourth-order valence-electron chi connectivity index (χ4n) is 3.82. The average molecular weight is 495 g/mol. The molecule has 1 aliphatic rings. The molecule has 36 heavy (non-hydrogen) atoms. The summed E-state index contributed by atoms with van der Waals surface area (Å²) in [6.45, 7) is 4.88. The lowest BCUT2D eigenvalue weighted by atomic mass is 9.87. The van der Waals surface area contributed by atoms with Crippen molar-refractivity contribution >= 4 is 35.4 Å². The molecule has 2 aromatic rings. The molecule has 0 saturated carbocycles. The van der Waals surface area contributed by atoms with Crippen molar-refractivity contribution in [1.82, 2.24) is 15.5 Å². The fraction of sp³-hybridized carbons (Fsp3) is 0.346. The number of benzene rings is 2. The molecular weight excluding hydrogens is 464 g/mol. The van der Waals surface area contributed by atoms with Crippen LogP contribution in [0.5, 0.6) is 0 Å². The number of anilines is 1. The molecule has 1 saturated heterocycles. The number of nitrogens with one attached hydrogen (secondary N) is 3. The van der Waals surface area contributed by atoms with E-state index in [2.05, 4.69) is 16.0 Å². The Morgan fingerprint density at radius 3 is 2.36 bits per heavy atom. The fourth-order valence-corrected chi connectivity index (χ4v) is 3.82. The number of nitrogens with zero attached hydrogens (tertiary/aromatic N) is 1. The Hall–Kier alpha value is -4.21. The van der Waals surface area contributed by atoms with Crippen molar-refractivity contribution in [3.05, 3.63) is 65.7 Å². The highest BCUT2D eigenvalue weighted by Gasteiger charge is 2.51. The van der Waals surface area contributed by atoms with Crippen molar-refractivity contribution in [3.8, 4) is 0 Å². The summed E-state index contributed by atoms with van der Waals surface area (Å²) in [4.78, 5) is 63.6. The van der Waals surface area contributed by atoms with Gasteiger partial charge in [0.2, 0.25) is 0 Å². The highest BCUT2D eigenvalue weighted by molar-refractivity contribution is 6.09. The molecule has 1 unspecified atom stereocenters. The lowest BCUT2D eigenvalue weighted by molar-refractivity contribution is -0.150. The summed E-state index contributed by atoms with van der Waals surface area (Å²) in [7, 11) is 0. The molecule has 10 nitrogen and oxygen atoms in total. The van der Waals surface area contributed by atoms with Crippen LogP contribution in [0.4, 0.5) is 10.5 Å². The Labute approximate surface area is 209 Å². The molecule has 3 rings (SSSR count). The van der Waals surface area contributed by atoms with Crippen molar-refractivity contribution < 1.29 is 28.7 Å². The number of carbonyl (C=O) groups is 5. The minimum absolute atomic E-state index is 0.259. The van der Waals surface area contributed by atoms with Crippen molar-refractivity contribution in [2.45, 2.75) is 32.7 Å². The van der Waals surface area contributed by atoms with E-state index in [0.717, 1.165) is 4.90 Å². The van der Waals surface area contributed by atoms with Crippen LogP contribution in [0.2, 0.25) is 0 Å². The first-order valence-electron chi connectivity index (χ1n) is 11.7. The predicted molar refractivity (Wildman–Crippen MR) is 132 cm³/mol. The van der Waals surface area contributed by atoms with E-state index in [1.807, 2.05) is 13.8 Å². The first-order chi connectivity index (χ1) is 17.2. The van der Waals surface area contributed by atoms with Gasteiger partial charge in [-0.1, -0.05) is 63.2 Å². The quantitative estimate of drug-likeness (QED) is 0.343. The van der Waals surface area contributed by atoms with Crippen LogP contribution in [0.3, 0.4) is 0 Å². The van der Waals surface area contributed by atoms with Gasteiger partial charge in [0.1, 0.15) is 12.1 Å². The summed E-state index contributed by atoms with van der Waals surface area (Å²) < 4.78 is 5.00. The van der Waals surface area contributed by atoms with Gasteiger partial charge < -0.3 is 20.7 Å². The smallest absolute Gasteiger partial charge is 0.326 e. The standard InChI is InChI=1S/C26H30N4O6/c1-4-26(18-10-6-5-7-11-18)24(34)30(25(35)29-26)15-22(32)36-16-21(31)28-20-13-9-8-12-19(20)23(33)27-14-17(2)3/h5-13,17H,4,14-16H2,1-3H3,(H,27,33)(H,28,31)(H,29,35). The van der Waals surface area contributed by atoms with Crippen molar-refractivity contribution in [2.24, 2.45) is 5.92 Å². The van der Waals surface area contributed by atoms with E-state index in [-0.39, 0.29) is 23.1 Å². The molecule has 0 radical (unpaired) electrons. The maximum Gasteiger partial charge on any atom is 0.326 e. The summed E-state index contributed by atoms with van der Waals surface area (Å²) >= 11 is 0. The van der Waals surface area contributed by atoms with E-state index in [1.54, 1.807) is 61.5 Å². The minimum Gasteiger partial charge on any atom is -0.454 e. The summed E-state index contributed by atoms with van der Waals surface area (Å²) in [5.74, 6) is -2.24.